The molecule has 1 aromatic carbocycles. The molecule has 0 aliphatic rings. The number of carboxylic acid groups (broad SMARTS) is 1. The molecule has 0 aromatic heterocycles. The first-order valence-corrected chi connectivity index (χ1v) is 5.13. The van der Waals surface area contributed by atoms with Crippen LogP contribution in [0.15, 0.2) is 24.3 Å². The molecule has 0 aliphatic heterocycles. The third kappa shape index (κ3) is 3.04. The summed E-state index contributed by atoms with van der Waals surface area (Å²) in [6.07, 6.45) is -1.49. The fourth-order valence-electron chi connectivity index (χ4n) is 1.42. The van der Waals surface area contributed by atoms with E-state index in [2.05, 4.69) is 0 Å². The van der Waals surface area contributed by atoms with Crippen molar-refractivity contribution in [2.75, 3.05) is 13.7 Å². The summed E-state index contributed by atoms with van der Waals surface area (Å²) in [7, 11) is 1.42. The zero-order valence-electron chi connectivity index (χ0n) is 9.67. The molecule has 0 aliphatic carbocycles. The second kappa shape index (κ2) is 6.00. The van der Waals surface area contributed by atoms with E-state index in [1.807, 2.05) is 0 Å². The number of Topliss-reactive ketones (excluding diaryl/α,β-unsaturated/α-hetero) is 1. The number of methoxy groups -OCH3 is 1. The van der Waals surface area contributed by atoms with E-state index in [1.54, 1.807) is 25.1 Å². The number of para-hydroxylation sites is 1. The Morgan fingerprint density at radius 1 is 1.35 bits per heavy atom. The fraction of sp³-hybridized carbons (Fsp3) is 0.333. The average molecular weight is 238 g/mol. The van der Waals surface area contributed by atoms with Gasteiger partial charge in [-0.3, -0.25) is 4.79 Å². The molecule has 0 spiro atoms. The zero-order valence-corrected chi connectivity index (χ0v) is 9.67. The summed E-state index contributed by atoms with van der Waals surface area (Å²) in [4.78, 5) is 22.9. The van der Waals surface area contributed by atoms with Gasteiger partial charge in [-0.15, -0.1) is 0 Å². The Kier molecular flexibility index (Phi) is 4.66. The molecule has 1 unspecified atom stereocenters. The second-order valence-electron chi connectivity index (χ2n) is 3.24. The number of benzene rings is 1. The average Bonchev–Trinajstić information content (AvgIpc) is 2.34. The van der Waals surface area contributed by atoms with Gasteiger partial charge in [0.15, 0.2) is 0 Å². The van der Waals surface area contributed by atoms with Crippen molar-refractivity contribution >= 4 is 11.8 Å². The predicted molar refractivity (Wildman–Crippen MR) is 60.4 cm³/mol. The summed E-state index contributed by atoms with van der Waals surface area (Å²) in [6, 6.07) is 6.45. The van der Waals surface area contributed by atoms with Crippen molar-refractivity contribution in [2.45, 2.75) is 13.0 Å². The van der Waals surface area contributed by atoms with Gasteiger partial charge in [-0.25, -0.2) is 4.79 Å². The zero-order chi connectivity index (χ0) is 12.8. The standard InChI is InChI=1S/C12H14O5/c1-3-17-11(12(14)15)10(13)8-6-4-5-7-9(8)16-2/h4-7,11H,3H2,1-2H3,(H,14,15). The summed E-state index contributed by atoms with van der Waals surface area (Å²) < 4.78 is 9.92. The fourth-order valence-corrected chi connectivity index (χ4v) is 1.42. The number of carboxylic acids is 1. The van der Waals surface area contributed by atoms with E-state index in [0.717, 1.165) is 0 Å². The lowest BCUT2D eigenvalue weighted by Gasteiger charge is -2.13. The first kappa shape index (κ1) is 13.2. The number of ether oxygens (including phenoxy) is 2. The Balaban J connectivity index is 3.04. The summed E-state index contributed by atoms with van der Waals surface area (Å²) in [6.45, 7) is 1.78. The van der Waals surface area contributed by atoms with Gasteiger partial charge in [0.2, 0.25) is 11.9 Å². The number of hydrogen-bond donors (Lipinski definition) is 1. The van der Waals surface area contributed by atoms with Crippen LogP contribution in [0.1, 0.15) is 17.3 Å². The van der Waals surface area contributed by atoms with Crippen LogP contribution in [0.4, 0.5) is 0 Å². The molecular formula is C12H14O5. The molecule has 0 amide bonds. The molecule has 0 radical (unpaired) electrons. The van der Waals surface area contributed by atoms with Gasteiger partial charge in [0.05, 0.1) is 12.7 Å². The molecule has 5 nitrogen and oxygen atoms in total. The molecule has 92 valence electrons. The lowest BCUT2D eigenvalue weighted by molar-refractivity contribution is -0.146. The highest BCUT2D eigenvalue weighted by molar-refractivity contribution is 6.12. The van der Waals surface area contributed by atoms with Gasteiger partial charge in [-0.2, -0.15) is 0 Å². The molecule has 1 N–H and O–H groups in total. The van der Waals surface area contributed by atoms with Crippen molar-refractivity contribution in [3.05, 3.63) is 29.8 Å². The summed E-state index contributed by atoms with van der Waals surface area (Å²) >= 11 is 0. The van der Waals surface area contributed by atoms with Crippen molar-refractivity contribution in [1.29, 1.82) is 0 Å². The Morgan fingerprint density at radius 2 is 2.00 bits per heavy atom. The van der Waals surface area contributed by atoms with Crippen LogP contribution in [0.25, 0.3) is 0 Å². The third-order valence-electron chi connectivity index (χ3n) is 2.17. The van der Waals surface area contributed by atoms with Crippen LogP contribution in [0.5, 0.6) is 5.75 Å². The summed E-state index contributed by atoms with van der Waals surface area (Å²) in [5.74, 6) is -1.58. The molecule has 5 heteroatoms. The number of rotatable bonds is 6. The monoisotopic (exact) mass is 238 g/mol. The maximum absolute atomic E-state index is 12.0. The molecule has 0 bridgehead atoms. The van der Waals surface area contributed by atoms with Gasteiger partial charge in [-0.05, 0) is 19.1 Å². The molecule has 0 heterocycles. The summed E-state index contributed by atoms with van der Waals surface area (Å²) in [5, 5.41) is 8.91. The molecule has 17 heavy (non-hydrogen) atoms. The van der Waals surface area contributed by atoms with E-state index in [1.165, 1.54) is 13.2 Å². The summed E-state index contributed by atoms with van der Waals surface area (Å²) in [5.41, 5.74) is 0.204. The highest BCUT2D eigenvalue weighted by Crippen LogP contribution is 2.20. The molecule has 1 aromatic rings. The Morgan fingerprint density at radius 3 is 2.53 bits per heavy atom. The van der Waals surface area contributed by atoms with Crippen molar-refractivity contribution in [3.8, 4) is 5.75 Å². The van der Waals surface area contributed by atoms with Crippen LogP contribution < -0.4 is 4.74 Å². The Hall–Kier alpha value is -1.88. The van der Waals surface area contributed by atoms with Gasteiger partial charge in [0, 0.05) is 6.61 Å². The largest absolute Gasteiger partial charge is 0.496 e. The van der Waals surface area contributed by atoms with Gasteiger partial charge < -0.3 is 14.6 Å². The minimum absolute atomic E-state index is 0.151. The van der Waals surface area contributed by atoms with E-state index in [0.29, 0.717) is 5.75 Å². The van der Waals surface area contributed by atoms with Crippen molar-refractivity contribution < 1.29 is 24.2 Å². The smallest absolute Gasteiger partial charge is 0.341 e. The van der Waals surface area contributed by atoms with Gasteiger partial charge in [0.1, 0.15) is 5.75 Å². The molecular weight excluding hydrogens is 224 g/mol. The maximum atomic E-state index is 12.0. The normalized spacial score (nSPS) is 11.9. The second-order valence-corrected chi connectivity index (χ2v) is 3.24. The maximum Gasteiger partial charge on any atom is 0.341 e. The van der Waals surface area contributed by atoms with E-state index in [9.17, 15) is 9.59 Å². The Bertz CT molecular complexity index is 413. The van der Waals surface area contributed by atoms with E-state index in [-0.39, 0.29) is 12.2 Å². The number of carbonyl (C=O) groups is 2. The minimum atomic E-state index is -1.49. The highest BCUT2D eigenvalue weighted by atomic mass is 16.5. The van der Waals surface area contributed by atoms with Crippen LogP contribution in [0, 0.1) is 0 Å². The van der Waals surface area contributed by atoms with E-state index < -0.39 is 17.9 Å². The first-order valence-electron chi connectivity index (χ1n) is 5.13. The topological polar surface area (TPSA) is 72.8 Å². The van der Waals surface area contributed by atoms with Gasteiger partial charge in [-0.1, -0.05) is 12.1 Å². The van der Waals surface area contributed by atoms with Gasteiger partial charge in [0.25, 0.3) is 0 Å². The molecule has 0 fully saturated rings. The van der Waals surface area contributed by atoms with Crippen LogP contribution in [-0.2, 0) is 9.53 Å². The quantitative estimate of drug-likeness (QED) is 0.598. The Labute approximate surface area is 99.0 Å². The lowest BCUT2D eigenvalue weighted by atomic mass is 10.1. The van der Waals surface area contributed by atoms with Crippen molar-refractivity contribution in [3.63, 3.8) is 0 Å². The van der Waals surface area contributed by atoms with Crippen LogP contribution in [-0.4, -0.2) is 36.7 Å². The van der Waals surface area contributed by atoms with Crippen molar-refractivity contribution in [2.24, 2.45) is 0 Å². The van der Waals surface area contributed by atoms with Gasteiger partial charge >= 0.3 is 5.97 Å². The van der Waals surface area contributed by atoms with E-state index in [4.69, 9.17) is 14.6 Å². The van der Waals surface area contributed by atoms with Crippen LogP contribution in [0.2, 0.25) is 0 Å². The number of aliphatic carboxylic acids is 1. The highest BCUT2D eigenvalue weighted by Gasteiger charge is 2.29. The molecule has 1 atom stereocenters. The van der Waals surface area contributed by atoms with E-state index >= 15 is 0 Å². The SMILES string of the molecule is CCOC(C(=O)O)C(=O)c1ccccc1OC. The van der Waals surface area contributed by atoms with Crippen LogP contribution >= 0.6 is 0 Å². The number of ketones is 1. The molecule has 1 rings (SSSR count). The third-order valence-corrected chi connectivity index (χ3v) is 2.17. The minimum Gasteiger partial charge on any atom is -0.496 e. The predicted octanol–water partition coefficient (Wildman–Crippen LogP) is 1.37. The van der Waals surface area contributed by atoms with Crippen molar-refractivity contribution in [1.82, 2.24) is 0 Å². The van der Waals surface area contributed by atoms with Crippen LogP contribution in [0.3, 0.4) is 0 Å². The molecule has 0 saturated heterocycles. The number of carbonyl (C=O) groups excluding carboxylic acids is 1. The molecule has 0 saturated carbocycles. The lowest BCUT2D eigenvalue weighted by Crippen LogP contribution is -2.33. The number of hydrogen-bond acceptors (Lipinski definition) is 4. The first-order chi connectivity index (χ1) is 8.11.